The molecule has 1 aliphatic heterocycles. The molecule has 3 heterocycles. The molecule has 0 saturated carbocycles. The van der Waals surface area contributed by atoms with Crippen LogP contribution < -0.4 is 5.32 Å². The van der Waals surface area contributed by atoms with E-state index in [1.807, 2.05) is 6.20 Å². The van der Waals surface area contributed by atoms with Gasteiger partial charge in [-0.1, -0.05) is 35.0 Å². The zero-order chi connectivity index (χ0) is 17.2. The van der Waals surface area contributed by atoms with Gasteiger partial charge in [-0.3, -0.25) is 0 Å². The van der Waals surface area contributed by atoms with Gasteiger partial charge in [0.1, 0.15) is 6.10 Å². The van der Waals surface area contributed by atoms with Crippen LogP contribution in [0.1, 0.15) is 23.2 Å². The monoisotopic (exact) mass is 338 g/mol. The average Bonchev–Trinajstić information content (AvgIpc) is 3.23. The normalized spacial score (nSPS) is 16.9. The molecular formula is C19H19FN4O. The van der Waals surface area contributed by atoms with Gasteiger partial charge in [0.15, 0.2) is 11.5 Å². The van der Waals surface area contributed by atoms with Crippen LogP contribution in [0, 0.1) is 12.7 Å². The number of halogens is 1. The highest BCUT2D eigenvalue weighted by molar-refractivity contribution is 6.01. The van der Waals surface area contributed by atoms with Crippen LogP contribution in [-0.2, 0) is 11.4 Å². The van der Waals surface area contributed by atoms with Gasteiger partial charge in [-0.15, -0.1) is 0 Å². The van der Waals surface area contributed by atoms with Crippen molar-refractivity contribution in [3.63, 3.8) is 0 Å². The van der Waals surface area contributed by atoms with E-state index in [0.717, 1.165) is 23.4 Å². The topological polar surface area (TPSA) is 50.9 Å². The molecule has 6 heteroatoms. The lowest BCUT2D eigenvalue weighted by atomic mass is 10.0. The summed E-state index contributed by atoms with van der Waals surface area (Å²) in [6.45, 7) is 3.28. The number of aryl methyl sites for hydroxylation is 1. The molecule has 0 fully saturated rings. The van der Waals surface area contributed by atoms with Crippen LogP contribution in [0.4, 0.5) is 4.39 Å². The molecule has 0 radical (unpaired) electrons. The molecule has 2 aromatic heterocycles. The molecule has 0 amide bonds. The first-order valence-electron chi connectivity index (χ1n) is 8.31. The molecule has 3 aromatic rings. The van der Waals surface area contributed by atoms with Crippen LogP contribution in [0.3, 0.4) is 0 Å². The van der Waals surface area contributed by atoms with Crippen LogP contribution in [0.2, 0.25) is 0 Å². The van der Waals surface area contributed by atoms with Crippen LogP contribution in [0.25, 0.3) is 5.65 Å². The quantitative estimate of drug-likeness (QED) is 0.778. The van der Waals surface area contributed by atoms with Gasteiger partial charge < -0.3 is 14.6 Å². The predicted molar refractivity (Wildman–Crippen MR) is 94.1 cm³/mol. The number of imidazole rings is 1. The Morgan fingerprint density at radius 1 is 1.28 bits per heavy atom. The van der Waals surface area contributed by atoms with Gasteiger partial charge in [0.05, 0.1) is 11.4 Å². The summed E-state index contributed by atoms with van der Waals surface area (Å²) >= 11 is 0. The van der Waals surface area contributed by atoms with E-state index >= 15 is 0 Å². The molecule has 1 N–H and O–H groups in total. The van der Waals surface area contributed by atoms with E-state index in [1.54, 1.807) is 16.7 Å². The molecule has 0 spiro atoms. The Morgan fingerprint density at radius 2 is 2.12 bits per heavy atom. The molecule has 0 bridgehead atoms. The van der Waals surface area contributed by atoms with Gasteiger partial charge in [0.2, 0.25) is 0 Å². The van der Waals surface area contributed by atoms with Crippen molar-refractivity contribution >= 4 is 11.4 Å². The summed E-state index contributed by atoms with van der Waals surface area (Å²) in [4.78, 5) is 9.81. The van der Waals surface area contributed by atoms with E-state index in [1.165, 1.54) is 11.6 Å². The molecule has 1 aromatic carbocycles. The zero-order valence-corrected chi connectivity index (χ0v) is 13.9. The molecule has 0 saturated heterocycles. The van der Waals surface area contributed by atoms with Gasteiger partial charge in [-0.05, 0) is 24.6 Å². The Kier molecular flexibility index (Phi) is 4.19. The highest BCUT2D eigenvalue weighted by Crippen LogP contribution is 2.17. The number of oxime groups is 1. The van der Waals surface area contributed by atoms with E-state index < -0.39 is 0 Å². The maximum atomic E-state index is 13.7. The average molecular weight is 338 g/mol. The minimum atomic E-state index is -0.316. The van der Waals surface area contributed by atoms with E-state index in [0.29, 0.717) is 18.7 Å². The third-order valence-corrected chi connectivity index (χ3v) is 4.28. The van der Waals surface area contributed by atoms with Crippen molar-refractivity contribution in [2.24, 2.45) is 5.16 Å². The molecule has 1 aliphatic rings. The molecule has 128 valence electrons. The number of aromatic nitrogens is 2. The number of nitrogens with zero attached hydrogens (tertiary/aromatic N) is 3. The summed E-state index contributed by atoms with van der Waals surface area (Å²) in [6.07, 6.45) is 4.40. The highest BCUT2D eigenvalue weighted by atomic mass is 19.1. The second-order valence-corrected chi connectivity index (χ2v) is 6.29. The van der Waals surface area contributed by atoms with E-state index in [9.17, 15) is 4.39 Å². The SMILES string of the molecule is Cc1ccc(C2=NOC(CNCc3cn4cccc(F)c4n3)C2)cc1. The standard InChI is InChI=1S/C19H19FN4O/c1-13-4-6-14(7-5-13)18-9-16(25-23-18)11-21-10-15-12-24-8-2-3-17(20)19(24)22-15/h2-8,12,16,21H,9-11H2,1H3. The fourth-order valence-electron chi connectivity index (χ4n) is 2.93. The highest BCUT2D eigenvalue weighted by Gasteiger charge is 2.21. The summed E-state index contributed by atoms with van der Waals surface area (Å²) in [6, 6.07) is 11.4. The molecule has 25 heavy (non-hydrogen) atoms. The molecule has 4 rings (SSSR count). The van der Waals surface area contributed by atoms with Gasteiger partial charge in [-0.2, -0.15) is 0 Å². The van der Waals surface area contributed by atoms with Crippen molar-refractivity contribution in [1.29, 1.82) is 0 Å². The van der Waals surface area contributed by atoms with Crippen molar-refractivity contribution < 1.29 is 9.23 Å². The van der Waals surface area contributed by atoms with E-state index in [4.69, 9.17) is 4.84 Å². The van der Waals surface area contributed by atoms with Crippen LogP contribution in [0.15, 0.2) is 53.9 Å². The first-order chi connectivity index (χ1) is 12.2. The Balaban J connectivity index is 1.31. The molecule has 1 atom stereocenters. The third kappa shape index (κ3) is 3.39. The van der Waals surface area contributed by atoms with Crippen molar-refractivity contribution in [3.05, 3.63) is 71.4 Å². The lowest BCUT2D eigenvalue weighted by Crippen LogP contribution is -2.26. The second kappa shape index (κ2) is 6.64. The number of hydrogen-bond acceptors (Lipinski definition) is 4. The van der Waals surface area contributed by atoms with Crippen molar-refractivity contribution in [2.75, 3.05) is 6.54 Å². The largest absolute Gasteiger partial charge is 0.390 e. The number of nitrogens with one attached hydrogen (secondary N) is 1. The van der Waals surface area contributed by atoms with E-state index in [2.05, 4.69) is 46.6 Å². The number of hydrogen-bond donors (Lipinski definition) is 1. The summed E-state index contributed by atoms with van der Waals surface area (Å²) < 4.78 is 15.3. The third-order valence-electron chi connectivity index (χ3n) is 4.28. The first-order valence-corrected chi connectivity index (χ1v) is 8.31. The van der Waals surface area contributed by atoms with Gasteiger partial charge in [0.25, 0.3) is 0 Å². The maximum Gasteiger partial charge on any atom is 0.173 e. The minimum absolute atomic E-state index is 0.00469. The van der Waals surface area contributed by atoms with Crippen molar-refractivity contribution in [1.82, 2.24) is 14.7 Å². The fourth-order valence-corrected chi connectivity index (χ4v) is 2.93. The first kappa shape index (κ1) is 15.8. The zero-order valence-electron chi connectivity index (χ0n) is 13.9. The van der Waals surface area contributed by atoms with Crippen LogP contribution >= 0.6 is 0 Å². The molecule has 5 nitrogen and oxygen atoms in total. The second-order valence-electron chi connectivity index (χ2n) is 6.29. The maximum absolute atomic E-state index is 13.7. The summed E-state index contributed by atoms with van der Waals surface area (Å²) in [5.41, 5.74) is 4.44. The summed E-state index contributed by atoms with van der Waals surface area (Å²) in [7, 11) is 0. The van der Waals surface area contributed by atoms with Crippen molar-refractivity contribution in [2.45, 2.75) is 26.0 Å². The van der Waals surface area contributed by atoms with Crippen LogP contribution in [-0.4, -0.2) is 27.7 Å². The predicted octanol–water partition coefficient (Wildman–Crippen LogP) is 3.06. The summed E-state index contributed by atoms with van der Waals surface area (Å²) in [5, 5.41) is 7.50. The Morgan fingerprint density at radius 3 is 2.92 bits per heavy atom. The van der Waals surface area contributed by atoms with Gasteiger partial charge >= 0.3 is 0 Å². The Labute approximate surface area is 145 Å². The summed E-state index contributed by atoms with van der Waals surface area (Å²) in [5.74, 6) is -0.316. The van der Waals surface area contributed by atoms with Gasteiger partial charge in [-0.25, -0.2) is 9.37 Å². The van der Waals surface area contributed by atoms with E-state index in [-0.39, 0.29) is 11.9 Å². The Hall–Kier alpha value is -2.73. The minimum Gasteiger partial charge on any atom is -0.390 e. The lowest BCUT2D eigenvalue weighted by Gasteiger charge is -2.08. The molecule has 1 unspecified atom stereocenters. The number of rotatable bonds is 5. The Bertz CT molecular complexity index is 917. The lowest BCUT2D eigenvalue weighted by molar-refractivity contribution is 0.0848. The van der Waals surface area contributed by atoms with Crippen LogP contribution in [0.5, 0.6) is 0 Å². The van der Waals surface area contributed by atoms with Gasteiger partial charge in [0, 0.05) is 31.9 Å². The smallest absolute Gasteiger partial charge is 0.173 e. The van der Waals surface area contributed by atoms with Crippen molar-refractivity contribution in [3.8, 4) is 0 Å². The number of pyridine rings is 1. The molecular weight excluding hydrogens is 319 g/mol. The number of fused-ring (bicyclic) bond motifs is 1. The fraction of sp³-hybridized carbons (Fsp3) is 0.263. The molecule has 0 aliphatic carbocycles. The number of benzene rings is 1.